The van der Waals surface area contributed by atoms with Crippen LogP contribution in [0.15, 0.2) is 44.2 Å². The van der Waals surface area contributed by atoms with Crippen molar-refractivity contribution in [2.75, 3.05) is 0 Å². The Morgan fingerprint density at radius 3 is 1.73 bits per heavy atom. The smallest absolute Gasteiger partial charge is 0.147 e. The molecule has 15 heavy (non-hydrogen) atoms. The molecule has 2 aliphatic rings. The van der Waals surface area contributed by atoms with Crippen LogP contribution >= 0.6 is 12.4 Å². The van der Waals surface area contributed by atoms with Gasteiger partial charge >= 0.3 is 93.0 Å². The average Bonchev–Trinajstić information content (AvgIpc) is 2.75. The zero-order valence-corrected chi connectivity index (χ0v) is 11.7. The van der Waals surface area contributed by atoms with Gasteiger partial charge in [-0.15, -0.1) is 12.4 Å². The van der Waals surface area contributed by atoms with Gasteiger partial charge in [0, 0.05) is 0 Å². The fourth-order valence-corrected chi connectivity index (χ4v) is 7.12. The standard InChI is InChI=1S/2C5H5.C3H7.ClH.Ti/c2*1-2-4-5-3-1;1-3-2;;/h2*1-3H,4H2;3H,1-2H3;1H;. The normalized spacial score (nSPS) is 17.8. The predicted octanol–water partition coefficient (Wildman–Crippen LogP) is 4.54. The van der Waals surface area contributed by atoms with Crippen LogP contribution in [-0.2, 0) is 17.9 Å². The molecule has 0 atom stereocenters. The topological polar surface area (TPSA) is 0 Å². The molecule has 0 heterocycles. The molecule has 0 nitrogen and oxygen atoms in total. The summed E-state index contributed by atoms with van der Waals surface area (Å²) in [6.07, 6.45) is 16.3. The molecule has 2 rings (SSSR count). The van der Waals surface area contributed by atoms with Gasteiger partial charge in [-0.05, 0) is 0 Å². The first kappa shape index (κ1) is 13.0. The summed E-state index contributed by atoms with van der Waals surface area (Å²) in [5.41, 5.74) is 0. The van der Waals surface area contributed by atoms with Crippen LogP contribution in [-0.4, -0.2) is 0 Å². The van der Waals surface area contributed by atoms with E-state index in [0.29, 0.717) is 0 Å². The van der Waals surface area contributed by atoms with Gasteiger partial charge < -0.3 is 0 Å². The van der Waals surface area contributed by atoms with Crippen LogP contribution in [0.1, 0.15) is 26.7 Å². The molecule has 0 fully saturated rings. The van der Waals surface area contributed by atoms with E-state index in [1.165, 1.54) is 12.8 Å². The molecule has 0 saturated heterocycles. The van der Waals surface area contributed by atoms with Crippen LogP contribution < -0.4 is 0 Å². The van der Waals surface area contributed by atoms with Crippen molar-refractivity contribution in [3.63, 3.8) is 0 Å². The molecule has 0 bridgehead atoms. The Bertz CT molecular complexity index is 304. The van der Waals surface area contributed by atoms with Gasteiger partial charge in [0.1, 0.15) is 0 Å². The van der Waals surface area contributed by atoms with Crippen LogP contribution in [0, 0.1) is 0 Å². The van der Waals surface area contributed by atoms with E-state index in [-0.39, 0.29) is 12.4 Å². The molecule has 0 aromatic heterocycles. The largest absolute Gasteiger partial charge is 0.147 e. The second-order valence-corrected chi connectivity index (χ2v) is 9.32. The van der Waals surface area contributed by atoms with Crippen molar-refractivity contribution >= 4 is 12.4 Å². The molecule has 0 radical (unpaired) electrons. The van der Waals surface area contributed by atoms with E-state index in [0.717, 1.165) is 4.22 Å². The molecular weight excluding hydrogens is 239 g/mol. The summed E-state index contributed by atoms with van der Waals surface area (Å²) in [5, 5.41) is 0. The van der Waals surface area contributed by atoms with Crippen LogP contribution in [0.4, 0.5) is 0 Å². The SMILES string of the molecule is C[CH](C)[Ti]([C]1=CC=CC1)[C]1=CC=CC1.Cl. The van der Waals surface area contributed by atoms with E-state index in [4.69, 9.17) is 0 Å². The minimum atomic E-state index is -1.11. The summed E-state index contributed by atoms with van der Waals surface area (Å²) in [5.74, 6) is 0. The van der Waals surface area contributed by atoms with Gasteiger partial charge in [-0.25, -0.2) is 0 Å². The van der Waals surface area contributed by atoms with Crippen LogP contribution in [0.25, 0.3) is 0 Å². The summed E-state index contributed by atoms with van der Waals surface area (Å²) in [6.45, 7) is 4.79. The van der Waals surface area contributed by atoms with Crippen molar-refractivity contribution in [3.8, 4) is 0 Å². The van der Waals surface area contributed by atoms with Gasteiger partial charge in [-0.3, -0.25) is 0 Å². The first-order valence-corrected chi connectivity index (χ1v) is 7.84. The minimum Gasteiger partial charge on any atom is -0.147 e. The fraction of sp³-hybridized carbons (Fsp3) is 0.385. The third-order valence-corrected chi connectivity index (χ3v) is 7.93. The van der Waals surface area contributed by atoms with Crippen LogP contribution in [0.5, 0.6) is 0 Å². The zero-order valence-electron chi connectivity index (χ0n) is 9.36. The molecule has 0 saturated carbocycles. The Hall–Kier alpha value is -0.0357. The third-order valence-electron chi connectivity index (χ3n) is 2.81. The number of allylic oxidation sites excluding steroid dienone is 8. The monoisotopic (exact) mass is 257 g/mol. The second-order valence-electron chi connectivity index (χ2n) is 4.22. The van der Waals surface area contributed by atoms with Crippen LogP contribution in [0.3, 0.4) is 0 Å². The maximum Gasteiger partial charge on any atom is -0.147 e. The molecular formula is C13H18ClTi. The molecule has 0 aromatic rings. The van der Waals surface area contributed by atoms with E-state index >= 15 is 0 Å². The van der Waals surface area contributed by atoms with E-state index in [1.54, 1.807) is 7.76 Å². The Morgan fingerprint density at radius 1 is 1.00 bits per heavy atom. The van der Waals surface area contributed by atoms with Crippen molar-refractivity contribution in [3.05, 3.63) is 44.2 Å². The molecule has 0 unspecified atom stereocenters. The number of hydrogen-bond donors (Lipinski definition) is 0. The van der Waals surface area contributed by atoms with E-state index < -0.39 is 17.9 Å². The van der Waals surface area contributed by atoms with Gasteiger partial charge in [-0.2, -0.15) is 0 Å². The summed E-state index contributed by atoms with van der Waals surface area (Å²) in [4.78, 5) is 0. The number of rotatable bonds is 3. The minimum absolute atomic E-state index is 0. The Kier molecular flexibility index (Phi) is 5.12. The molecule has 0 aliphatic heterocycles. The molecule has 0 aromatic carbocycles. The molecule has 2 aliphatic carbocycles. The fourth-order valence-electron chi connectivity index (χ4n) is 2.24. The van der Waals surface area contributed by atoms with Crippen molar-refractivity contribution in [2.24, 2.45) is 0 Å². The quantitative estimate of drug-likeness (QED) is 0.651. The summed E-state index contributed by atoms with van der Waals surface area (Å²) < 4.78 is 4.40. The number of halogens is 1. The van der Waals surface area contributed by atoms with Crippen molar-refractivity contribution in [1.82, 2.24) is 0 Å². The first-order chi connectivity index (χ1) is 6.79. The Morgan fingerprint density at radius 2 is 1.47 bits per heavy atom. The summed E-state index contributed by atoms with van der Waals surface area (Å²) in [7, 11) is 0. The molecule has 2 heteroatoms. The molecule has 0 spiro atoms. The van der Waals surface area contributed by atoms with E-state index in [2.05, 4.69) is 50.3 Å². The van der Waals surface area contributed by atoms with Gasteiger partial charge in [0.25, 0.3) is 0 Å². The predicted molar refractivity (Wildman–Crippen MR) is 66.0 cm³/mol. The second kappa shape index (κ2) is 5.89. The maximum atomic E-state index is 2.40. The molecule has 81 valence electrons. The average molecular weight is 258 g/mol. The third kappa shape index (κ3) is 2.97. The van der Waals surface area contributed by atoms with Crippen molar-refractivity contribution in [1.29, 1.82) is 0 Å². The summed E-state index contributed by atoms with van der Waals surface area (Å²) >= 11 is -1.11. The first-order valence-electron chi connectivity index (χ1n) is 5.38. The van der Waals surface area contributed by atoms with Gasteiger partial charge in [0.15, 0.2) is 0 Å². The van der Waals surface area contributed by atoms with Gasteiger partial charge in [0.2, 0.25) is 0 Å². The van der Waals surface area contributed by atoms with Crippen molar-refractivity contribution < 1.29 is 17.9 Å². The Balaban J connectivity index is 0.00000112. The van der Waals surface area contributed by atoms with Crippen LogP contribution in [0.2, 0.25) is 4.22 Å². The van der Waals surface area contributed by atoms with E-state index in [1.807, 2.05) is 0 Å². The molecule has 0 amide bonds. The van der Waals surface area contributed by atoms with E-state index in [9.17, 15) is 0 Å². The molecule has 0 N–H and O–H groups in total. The zero-order chi connectivity index (χ0) is 9.97. The maximum absolute atomic E-state index is 2.40. The van der Waals surface area contributed by atoms with Gasteiger partial charge in [0.05, 0.1) is 0 Å². The van der Waals surface area contributed by atoms with Gasteiger partial charge in [-0.1, -0.05) is 0 Å². The number of hydrogen-bond acceptors (Lipinski definition) is 0. The Labute approximate surface area is 105 Å². The summed E-state index contributed by atoms with van der Waals surface area (Å²) in [6, 6.07) is 0. The van der Waals surface area contributed by atoms with Crippen molar-refractivity contribution in [2.45, 2.75) is 30.9 Å².